The van der Waals surface area contributed by atoms with E-state index >= 15 is 0 Å². The molecule has 0 saturated carbocycles. The van der Waals surface area contributed by atoms with Gasteiger partial charge in [-0.05, 0) is 52.8 Å². The Bertz CT molecular complexity index is 1220. The molecule has 1 aromatic heterocycles. The lowest BCUT2D eigenvalue weighted by Gasteiger charge is -2.27. The number of rotatable bonds is 7. The summed E-state index contributed by atoms with van der Waals surface area (Å²) in [5.41, 5.74) is 6.39. The summed E-state index contributed by atoms with van der Waals surface area (Å²) in [6, 6.07) is 25.5. The summed E-state index contributed by atoms with van der Waals surface area (Å²) < 4.78 is 27.8. The molecular formula is C30H30F2N2. The number of aromatic nitrogens is 1. The predicted molar refractivity (Wildman–Crippen MR) is 136 cm³/mol. The third kappa shape index (κ3) is 5.17. The van der Waals surface area contributed by atoms with Crippen molar-refractivity contribution in [3.05, 3.63) is 119 Å². The molecule has 0 amide bonds. The van der Waals surface area contributed by atoms with Crippen LogP contribution in [-0.4, -0.2) is 4.98 Å². The molecule has 0 fully saturated rings. The fourth-order valence-corrected chi connectivity index (χ4v) is 4.31. The van der Waals surface area contributed by atoms with Gasteiger partial charge in [-0.25, -0.2) is 8.78 Å². The first kappa shape index (κ1) is 23.6. The number of anilines is 1. The van der Waals surface area contributed by atoms with Crippen LogP contribution in [0.4, 0.5) is 14.5 Å². The van der Waals surface area contributed by atoms with Gasteiger partial charge < -0.3 is 5.32 Å². The topological polar surface area (TPSA) is 24.9 Å². The number of hydrogen-bond acceptors (Lipinski definition) is 2. The van der Waals surface area contributed by atoms with Crippen molar-refractivity contribution < 1.29 is 8.78 Å². The van der Waals surface area contributed by atoms with Gasteiger partial charge in [0.25, 0.3) is 0 Å². The molecule has 1 N–H and O–H groups in total. The van der Waals surface area contributed by atoms with Crippen LogP contribution in [-0.2, 0) is 0 Å². The highest BCUT2D eigenvalue weighted by Crippen LogP contribution is 2.36. The zero-order chi connectivity index (χ0) is 24.2. The van der Waals surface area contributed by atoms with Gasteiger partial charge in [-0.2, -0.15) is 0 Å². The Kier molecular flexibility index (Phi) is 7.06. The van der Waals surface area contributed by atoms with E-state index in [1.165, 1.54) is 23.3 Å². The average molecular weight is 457 g/mol. The smallest absolute Gasteiger partial charge is 0.126 e. The molecule has 0 aliphatic heterocycles. The molecule has 0 bridgehead atoms. The van der Waals surface area contributed by atoms with Gasteiger partial charge in [-0.1, -0.05) is 82.3 Å². The number of halogens is 2. The lowest BCUT2D eigenvalue weighted by molar-refractivity contribution is 0.584. The Morgan fingerprint density at radius 3 is 1.85 bits per heavy atom. The quantitative estimate of drug-likeness (QED) is 0.302. The maximum absolute atomic E-state index is 13.9. The second-order valence-corrected chi connectivity index (χ2v) is 9.21. The monoisotopic (exact) mass is 456 g/mol. The molecule has 174 valence electrons. The minimum Gasteiger partial charge on any atom is -0.372 e. The van der Waals surface area contributed by atoms with Crippen LogP contribution < -0.4 is 5.32 Å². The molecule has 0 aliphatic rings. The maximum atomic E-state index is 13.9. The number of para-hydroxylation sites is 1. The molecule has 0 aliphatic carbocycles. The number of pyridine rings is 1. The molecule has 0 radical (unpaired) electrons. The number of hydrogen-bond donors (Lipinski definition) is 1. The summed E-state index contributed by atoms with van der Waals surface area (Å²) in [4.78, 5) is 4.85. The molecule has 2 nitrogen and oxygen atoms in total. The highest BCUT2D eigenvalue weighted by atomic mass is 19.1. The first-order valence-electron chi connectivity index (χ1n) is 11.7. The summed E-state index contributed by atoms with van der Waals surface area (Å²) >= 11 is 0. The van der Waals surface area contributed by atoms with E-state index in [9.17, 15) is 8.78 Å². The van der Waals surface area contributed by atoms with Gasteiger partial charge >= 0.3 is 0 Å². The molecule has 0 saturated heterocycles. The molecule has 1 atom stereocenters. The summed E-state index contributed by atoms with van der Waals surface area (Å²) in [5, 5.41) is 3.80. The Hall–Kier alpha value is -3.53. The van der Waals surface area contributed by atoms with Gasteiger partial charge in [0.05, 0.1) is 17.4 Å². The Labute approximate surface area is 200 Å². The standard InChI is InChI=1S/C30H30F2N2/c1-19(2)25-12-8-13-26(20(3)4)30(25)34-29(21-10-6-5-7-11-21)28-15-9-14-27(33-28)22-16-23(31)18-24(32)17-22/h5-20,29,34H,1-4H3. The van der Waals surface area contributed by atoms with E-state index in [2.05, 4.69) is 63.3 Å². The number of nitrogens with one attached hydrogen (secondary N) is 1. The van der Waals surface area contributed by atoms with Gasteiger partial charge in [0.1, 0.15) is 11.6 Å². The van der Waals surface area contributed by atoms with Crippen molar-refractivity contribution in [3.63, 3.8) is 0 Å². The fourth-order valence-electron chi connectivity index (χ4n) is 4.31. The molecule has 4 aromatic rings. The number of benzene rings is 3. The predicted octanol–water partition coefficient (Wildman–Crippen LogP) is 8.48. The van der Waals surface area contributed by atoms with Crippen molar-refractivity contribution in [2.24, 2.45) is 0 Å². The van der Waals surface area contributed by atoms with Crippen LogP contribution in [0.25, 0.3) is 11.3 Å². The normalized spacial score (nSPS) is 12.2. The average Bonchev–Trinajstić information content (AvgIpc) is 2.82. The second-order valence-electron chi connectivity index (χ2n) is 9.21. The molecule has 0 spiro atoms. The molecule has 3 aromatic carbocycles. The van der Waals surface area contributed by atoms with E-state index in [0.717, 1.165) is 23.0 Å². The molecule has 4 heteroatoms. The second kappa shape index (κ2) is 10.2. The van der Waals surface area contributed by atoms with Crippen LogP contribution in [0.15, 0.2) is 84.9 Å². The van der Waals surface area contributed by atoms with E-state index in [0.29, 0.717) is 23.1 Å². The van der Waals surface area contributed by atoms with Crippen LogP contribution in [0.3, 0.4) is 0 Å². The fraction of sp³-hybridized carbons (Fsp3) is 0.233. The van der Waals surface area contributed by atoms with Crippen LogP contribution in [0.1, 0.15) is 68.0 Å². The highest BCUT2D eigenvalue weighted by Gasteiger charge is 2.21. The Balaban J connectivity index is 1.84. The summed E-state index contributed by atoms with van der Waals surface area (Å²) in [5.74, 6) is -0.556. The minimum atomic E-state index is -0.618. The van der Waals surface area contributed by atoms with E-state index in [1.54, 1.807) is 6.07 Å². The summed E-state index contributed by atoms with van der Waals surface area (Å²) in [6.45, 7) is 8.78. The van der Waals surface area contributed by atoms with Crippen molar-refractivity contribution in [1.82, 2.24) is 4.98 Å². The van der Waals surface area contributed by atoms with E-state index in [-0.39, 0.29) is 6.04 Å². The first-order valence-corrected chi connectivity index (χ1v) is 11.7. The van der Waals surface area contributed by atoms with Gasteiger partial charge in [-0.3, -0.25) is 4.98 Å². The Morgan fingerprint density at radius 2 is 1.26 bits per heavy atom. The minimum absolute atomic E-state index is 0.239. The third-order valence-electron chi connectivity index (χ3n) is 6.02. The highest BCUT2D eigenvalue weighted by molar-refractivity contribution is 5.63. The molecule has 1 heterocycles. The lowest BCUT2D eigenvalue weighted by Crippen LogP contribution is -2.17. The summed E-state index contributed by atoms with van der Waals surface area (Å²) in [7, 11) is 0. The van der Waals surface area contributed by atoms with E-state index in [4.69, 9.17) is 4.98 Å². The van der Waals surface area contributed by atoms with E-state index < -0.39 is 11.6 Å². The maximum Gasteiger partial charge on any atom is 0.126 e. The van der Waals surface area contributed by atoms with Crippen molar-refractivity contribution >= 4 is 5.69 Å². The van der Waals surface area contributed by atoms with Crippen molar-refractivity contribution in [3.8, 4) is 11.3 Å². The Morgan fingerprint density at radius 1 is 0.676 bits per heavy atom. The van der Waals surface area contributed by atoms with Gasteiger partial charge in [0.2, 0.25) is 0 Å². The molecular weight excluding hydrogens is 426 g/mol. The SMILES string of the molecule is CC(C)c1cccc(C(C)C)c1NC(c1ccccc1)c1cccc(-c2cc(F)cc(F)c2)n1. The van der Waals surface area contributed by atoms with Gasteiger partial charge in [-0.15, -0.1) is 0 Å². The van der Waals surface area contributed by atoms with Crippen molar-refractivity contribution in [1.29, 1.82) is 0 Å². The van der Waals surface area contributed by atoms with Crippen LogP contribution >= 0.6 is 0 Å². The zero-order valence-corrected chi connectivity index (χ0v) is 20.0. The first-order chi connectivity index (χ1) is 16.3. The van der Waals surface area contributed by atoms with E-state index in [1.807, 2.05) is 30.3 Å². The van der Waals surface area contributed by atoms with Gasteiger partial charge in [0, 0.05) is 17.3 Å². The summed E-state index contributed by atoms with van der Waals surface area (Å²) in [6.07, 6.45) is 0. The van der Waals surface area contributed by atoms with Crippen LogP contribution in [0.5, 0.6) is 0 Å². The molecule has 4 rings (SSSR count). The van der Waals surface area contributed by atoms with Gasteiger partial charge in [0.15, 0.2) is 0 Å². The van der Waals surface area contributed by atoms with Crippen molar-refractivity contribution in [2.45, 2.75) is 45.6 Å². The van der Waals surface area contributed by atoms with Crippen LogP contribution in [0.2, 0.25) is 0 Å². The lowest BCUT2D eigenvalue weighted by atomic mass is 9.91. The number of nitrogens with zero attached hydrogens (tertiary/aromatic N) is 1. The largest absolute Gasteiger partial charge is 0.372 e. The molecule has 34 heavy (non-hydrogen) atoms. The third-order valence-corrected chi connectivity index (χ3v) is 6.02. The van der Waals surface area contributed by atoms with Crippen molar-refractivity contribution in [2.75, 3.05) is 5.32 Å². The van der Waals surface area contributed by atoms with Crippen LogP contribution in [0, 0.1) is 11.6 Å². The zero-order valence-electron chi connectivity index (χ0n) is 20.0. The molecule has 1 unspecified atom stereocenters.